The number of benzene rings is 2. The molecule has 110 valence electrons. The predicted octanol–water partition coefficient (Wildman–Crippen LogP) is 4.12. The second-order valence-corrected chi connectivity index (χ2v) is 5.84. The summed E-state index contributed by atoms with van der Waals surface area (Å²) in [7, 11) is 0. The number of ether oxygens (including phenoxy) is 2. The summed E-state index contributed by atoms with van der Waals surface area (Å²) >= 11 is 12.4. The Balaban J connectivity index is 2.05. The van der Waals surface area contributed by atoms with Crippen LogP contribution in [0, 0.1) is 6.92 Å². The lowest BCUT2D eigenvalue weighted by Crippen LogP contribution is -2.18. The van der Waals surface area contributed by atoms with Crippen molar-refractivity contribution >= 4 is 23.2 Å². The first-order chi connectivity index (χ1) is 10.1. The van der Waals surface area contributed by atoms with E-state index >= 15 is 0 Å². The number of halogens is 2. The Morgan fingerprint density at radius 2 is 1.67 bits per heavy atom. The molecule has 5 heteroatoms. The summed E-state index contributed by atoms with van der Waals surface area (Å²) in [6.45, 7) is 3.05. The fourth-order valence-electron chi connectivity index (χ4n) is 2.43. The Kier molecular flexibility index (Phi) is 3.98. The smallest absolute Gasteiger partial charge is 0.162 e. The Morgan fingerprint density at radius 3 is 2.38 bits per heavy atom. The highest BCUT2D eigenvalue weighted by atomic mass is 35.5. The summed E-state index contributed by atoms with van der Waals surface area (Å²) in [6.07, 6.45) is 0. The minimum atomic E-state index is -0.368. The molecule has 2 aromatic rings. The van der Waals surface area contributed by atoms with Gasteiger partial charge in [-0.05, 0) is 41.8 Å². The first kappa shape index (κ1) is 14.5. The molecule has 0 aliphatic carbocycles. The lowest BCUT2D eigenvalue weighted by atomic mass is 9.95. The van der Waals surface area contributed by atoms with Crippen molar-refractivity contribution in [3.8, 4) is 11.5 Å². The van der Waals surface area contributed by atoms with Gasteiger partial charge in [-0.3, -0.25) is 0 Å². The van der Waals surface area contributed by atoms with E-state index < -0.39 is 0 Å². The average molecular weight is 324 g/mol. The van der Waals surface area contributed by atoms with Crippen LogP contribution in [-0.2, 0) is 0 Å². The van der Waals surface area contributed by atoms with Gasteiger partial charge in [0.2, 0.25) is 0 Å². The van der Waals surface area contributed by atoms with Gasteiger partial charge in [0.25, 0.3) is 0 Å². The SMILES string of the molecule is Cc1ccc(Cl)cc1C(N)c1cc2c(cc1Cl)OCCO2. The maximum absolute atomic E-state index is 6.38. The lowest BCUT2D eigenvalue weighted by molar-refractivity contribution is 0.171. The molecule has 1 aliphatic heterocycles. The summed E-state index contributed by atoms with van der Waals surface area (Å²) in [5, 5.41) is 1.21. The molecule has 3 rings (SSSR count). The molecule has 1 aliphatic rings. The molecule has 0 radical (unpaired) electrons. The molecule has 0 fully saturated rings. The molecular weight excluding hydrogens is 309 g/mol. The van der Waals surface area contributed by atoms with Crippen molar-refractivity contribution in [2.45, 2.75) is 13.0 Å². The highest BCUT2D eigenvalue weighted by Gasteiger charge is 2.20. The maximum Gasteiger partial charge on any atom is 0.162 e. The first-order valence-electron chi connectivity index (χ1n) is 6.67. The number of hydrogen-bond donors (Lipinski definition) is 1. The molecule has 3 nitrogen and oxygen atoms in total. The van der Waals surface area contributed by atoms with Gasteiger partial charge in [-0.25, -0.2) is 0 Å². The van der Waals surface area contributed by atoms with E-state index in [1.54, 1.807) is 6.07 Å². The fourth-order valence-corrected chi connectivity index (χ4v) is 2.88. The van der Waals surface area contributed by atoms with Crippen LogP contribution in [0.1, 0.15) is 22.7 Å². The van der Waals surface area contributed by atoms with Crippen molar-refractivity contribution < 1.29 is 9.47 Å². The average Bonchev–Trinajstić information content (AvgIpc) is 2.48. The minimum absolute atomic E-state index is 0.368. The van der Waals surface area contributed by atoms with Gasteiger partial charge in [-0.2, -0.15) is 0 Å². The third kappa shape index (κ3) is 2.82. The molecule has 0 amide bonds. The van der Waals surface area contributed by atoms with Crippen LogP contribution < -0.4 is 15.2 Å². The Bertz CT molecular complexity index is 688. The number of nitrogens with two attached hydrogens (primary N) is 1. The van der Waals surface area contributed by atoms with E-state index in [1.807, 2.05) is 31.2 Å². The minimum Gasteiger partial charge on any atom is -0.486 e. The maximum atomic E-state index is 6.38. The number of hydrogen-bond acceptors (Lipinski definition) is 3. The third-order valence-electron chi connectivity index (χ3n) is 3.57. The predicted molar refractivity (Wildman–Crippen MR) is 84.7 cm³/mol. The summed E-state index contributed by atoms with van der Waals surface area (Å²) in [5.41, 5.74) is 9.19. The van der Waals surface area contributed by atoms with Crippen LogP contribution in [0.2, 0.25) is 10.0 Å². The van der Waals surface area contributed by atoms with Gasteiger partial charge < -0.3 is 15.2 Å². The molecular formula is C16H15Cl2NO2. The van der Waals surface area contributed by atoms with E-state index in [0.717, 1.165) is 16.7 Å². The molecule has 1 atom stereocenters. The Hall–Kier alpha value is -1.42. The molecule has 1 unspecified atom stereocenters. The van der Waals surface area contributed by atoms with Crippen molar-refractivity contribution in [3.05, 3.63) is 57.1 Å². The van der Waals surface area contributed by atoms with Crippen molar-refractivity contribution in [3.63, 3.8) is 0 Å². The molecule has 1 heterocycles. The third-order valence-corrected chi connectivity index (χ3v) is 4.14. The van der Waals surface area contributed by atoms with Crippen LogP contribution in [-0.4, -0.2) is 13.2 Å². The number of aryl methyl sites for hydroxylation is 1. The van der Waals surface area contributed by atoms with E-state index in [4.69, 9.17) is 38.4 Å². The topological polar surface area (TPSA) is 44.5 Å². The molecule has 0 saturated carbocycles. The highest BCUT2D eigenvalue weighted by Crippen LogP contribution is 2.39. The summed E-state index contributed by atoms with van der Waals surface area (Å²) < 4.78 is 11.1. The highest BCUT2D eigenvalue weighted by molar-refractivity contribution is 6.31. The normalized spacial score (nSPS) is 14.9. The van der Waals surface area contributed by atoms with E-state index in [2.05, 4.69) is 0 Å². The molecule has 2 N–H and O–H groups in total. The number of rotatable bonds is 2. The quantitative estimate of drug-likeness (QED) is 0.904. The first-order valence-corrected chi connectivity index (χ1v) is 7.42. The summed E-state index contributed by atoms with van der Waals surface area (Å²) in [4.78, 5) is 0. The monoisotopic (exact) mass is 323 g/mol. The van der Waals surface area contributed by atoms with Crippen molar-refractivity contribution in [1.82, 2.24) is 0 Å². The van der Waals surface area contributed by atoms with Crippen molar-refractivity contribution in [2.24, 2.45) is 5.73 Å². The second-order valence-electron chi connectivity index (χ2n) is 5.00. The van der Waals surface area contributed by atoms with E-state index in [-0.39, 0.29) is 6.04 Å². The molecule has 0 saturated heterocycles. The summed E-state index contributed by atoms with van der Waals surface area (Å²) in [5.74, 6) is 1.33. The van der Waals surface area contributed by atoms with Crippen LogP contribution in [0.15, 0.2) is 30.3 Å². The van der Waals surface area contributed by atoms with Gasteiger partial charge >= 0.3 is 0 Å². The van der Waals surface area contributed by atoms with E-state index in [9.17, 15) is 0 Å². The fraction of sp³-hybridized carbons (Fsp3) is 0.250. The molecule has 0 aromatic heterocycles. The van der Waals surface area contributed by atoms with Crippen LogP contribution in [0.5, 0.6) is 11.5 Å². The zero-order valence-corrected chi connectivity index (χ0v) is 13.0. The Labute approximate surface area is 133 Å². The standard InChI is InChI=1S/C16H15Cl2NO2/c1-9-2-3-10(17)6-11(9)16(19)12-7-14-15(8-13(12)18)21-5-4-20-14/h2-3,6-8,16H,4-5,19H2,1H3. The molecule has 21 heavy (non-hydrogen) atoms. The van der Waals surface area contributed by atoms with Gasteiger partial charge in [0.15, 0.2) is 11.5 Å². The van der Waals surface area contributed by atoms with E-state index in [1.165, 1.54) is 0 Å². The van der Waals surface area contributed by atoms with Crippen LogP contribution in [0.25, 0.3) is 0 Å². The second kappa shape index (κ2) is 5.76. The summed E-state index contributed by atoms with van der Waals surface area (Å²) in [6, 6.07) is 8.90. The van der Waals surface area contributed by atoms with Gasteiger partial charge in [-0.15, -0.1) is 0 Å². The van der Waals surface area contributed by atoms with Gasteiger partial charge in [0, 0.05) is 16.1 Å². The van der Waals surface area contributed by atoms with Gasteiger partial charge in [-0.1, -0.05) is 29.3 Å². The molecule has 2 aromatic carbocycles. The zero-order valence-electron chi connectivity index (χ0n) is 11.5. The van der Waals surface area contributed by atoms with Crippen molar-refractivity contribution in [2.75, 3.05) is 13.2 Å². The van der Waals surface area contributed by atoms with Gasteiger partial charge in [0.05, 0.1) is 6.04 Å². The molecule has 0 spiro atoms. The zero-order chi connectivity index (χ0) is 15.0. The largest absolute Gasteiger partial charge is 0.486 e. The van der Waals surface area contributed by atoms with Crippen LogP contribution in [0.4, 0.5) is 0 Å². The Morgan fingerprint density at radius 1 is 1.00 bits per heavy atom. The number of fused-ring (bicyclic) bond motifs is 1. The van der Waals surface area contributed by atoms with E-state index in [0.29, 0.717) is 34.8 Å². The lowest BCUT2D eigenvalue weighted by Gasteiger charge is -2.22. The van der Waals surface area contributed by atoms with Crippen LogP contribution >= 0.6 is 23.2 Å². The molecule has 0 bridgehead atoms. The van der Waals surface area contributed by atoms with Gasteiger partial charge in [0.1, 0.15) is 13.2 Å². The van der Waals surface area contributed by atoms with Crippen molar-refractivity contribution in [1.29, 1.82) is 0 Å². The van der Waals surface area contributed by atoms with Crippen LogP contribution in [0.3, 0.4) is 0 Å².